The lowest BCUT2D eigenvalue weighted by Gasteiger charge is -1.95. The topological polar surface area (TPSA) is 26.3 Å². The zero-order valence-corrected chi connectivity index (χ0v) is 6.94. The van der Waals surface area contributed by atoms with Crippen LogP contribution in [0.5, 0.6) is 0 Å². The molecule has 0 amide bonds. The molecule has 64 valence electrons. The fraction of sp³-hybridized carbons (Fsp3) is 0. The van der Waals surface area contributed by atoms with E-state index in [0.717, 1.165) is 5.56 Å². The third kappa shape index (κ3) is 1.85. The molecule has 1 aliphatic heterocycles. The smallest absolute Gasteiger partial charge is 0.336 e. The van der Waals surface area contributed by atoms with Crippen LogP contribution < -0.4 is 0 Å². The fourth-order valence-corrected chi connectivity index (χ4v) is 1.13. The van der Waals surface area contributed by atoms with Gasteiger partial charge in [0.05, 0.1) is 0 Å². The number of esters is 1. The average molecular weight is 172 g/mol. The van der Waals surface area contributed by atoms with Crippen molar-refractivity contribution in [2.75, 3.05) is 0 Å². The second-order valence-electron chi connectivity index (χ2n) is 2.71. The number of ether oxygens (including phenoxy) is 1. The molecular weight excluding hydrogens is 164 g/mol. The maximum atomic E-state index is 10.7. The summed E-state index contributed by atoms with van der Waals surface area (Å²) in [6.45, 7) is 0. The highest BCUT2D eigenvalue weighted by molar-refractivity contribution is 5.87. The summed E-state index contributed by atoms with van der Waals surface area (Å²) < 4.78 is 4.88. The zero-order valence-electron chi connectivity index (χ0n) is 6.94. The minimum Gasteiger partial charge on any atom is -0.423 e. The summed E-state index contributed by atoms with van der Waals surface area (Å²) in [4.78, 5) is 10.7. The van der Waals surface area contributed by atoms with Gasteiger partial charge < -0.3 is 4.74 Å². The quantitative estimate of drug-likeness (QED) is 0.606. The SMILES string of the molecule is O=C1C=C/C(=C/c2ccccc2)O1. The van der Waals surface area contributed by atoms with Gasteiger partial charge in [0.2, 0.25) is 0 Å². The highest BCUT2D eigenvalue weighted by Crippen LogP contribution is 2.13. The van der Waals surface area contributed by atoms with E-state index in [2.05, 4.69) is 0 Å². The van der Waals surface area contributed by atoms with E-state index in [1.807, 2.05) is 36.4 Å². The molecule has 0 aromatic heterocycles. The lowest BCUT2D eigenvalue weighted by molar-refractivity contribution is -0.132. The van der Waals surface area contributed by atoms with Crippen LogP contribution in [0.2, 0.25) is 0 Å². The summed E-state index contributed by atoms with van der Waals surface area (Å²) in [6, 6.07) is 9.72. The van der Waals surface area contributed by atoms with E-state index in [4.69, 9.17) is 4.74 Å². The molecule has 0 radical (unpaired) electrons. The predicted molar refractivity (Wildman–Crippen MR) is 49.7 cm³/mol. The monoisotopic (exact) mass is 172 g/mol. The Kier molecular flexibility index (Phi) is 1.96. The molecule has 0 unspecified atom stereocenters. The molecule has 0 bridgehead atoms. The van der Waals surface area contributed by atoms with Crippen LogP contribution in [0.3, 0.4) is 0 Å². The van der Waals surface area contributed by atoms with Crippen molar-refractivity contribution < 1.29 is 9.53 Å². The molecule has 0 saturated carbocycles. The van der Waals surface area contributed by atoms with Crippen molar-refractivity contribution in [3.8, 4) is 0 Å². The largest absolute Gasteiger partial charge is 0.423 e. The van der Waals surface area contributed by atoms with Gasteiger partial charge in [-0.15, -0.1) is 0 Å². The summed E-state index contributed by atoms with van der Waals surface area (Å²) in [5, 5.41) is 0. The number of allylic oxidation sites excluding steroid dienone is 1. The Balaban J connectivity index is 2.23. The molecule has 0 fully saturated rings. The van der Waals surface area contributed by atoms with Gasteiger partial charge in [-0.2, -0.15) is 0 Å². The first-order valence-electron chi connectivity index (χ1n) is 4.01. The minimum absolute atomic E-state index is 0.304. The Labute approximate surface area is 76.1 Å². The number of carbonyl (C=O) groups is 1. The zero-order chi connectivity index (χ0) is 9.10. The predicted octanol–water partition coefficient (Wildman–Crippen LogP) is 2.14. The van der Waals surface area contributed by atoms with Gasteiger partial charge in [0.25, 0.3) is 0 Å². The molecule has 2 nitrogen and oxygen atoms in total. The maximum absolute atomic E-state index is 10.7. The molecule has 1 aromatic carbocycles. The Morgan fingerprint density at radius 2 is 1.85 bits per heavy atom. The van der Waals surface area contributed by atoms with Crippen LogP contribution in [0.1, 0.15) is 5.56 Å². The summed E-state index contributed by atoms with van der Waals surface area (Å²) in [5.41, 5.74) is 1.02. The summed E-state index contributed by atoms with van der Waals surface area (Å²) in [7, 11) is 0. The van der Waals surface area contributed by atoms with Crippen LogP contribution in [-0.2, 0) is 9.53 Å². The lowest BCUT2D eigenvalue weighted by Crippen LogP contribution is -1.89. The Hall–Kier alpha value is -1.83. The highest BCUT2D eigenvalue weighted by Gasteiger charge is 2.08. The van der Waals surface area contributed by atoms with Gasteiger partial charge in [-0.05, 0) is 17.7 Å². The van der Waals surface area contributed by atoms with Crippen molar-refractivity contribution in [1.82, 2.24) is 0 Å². The van der Waals surface area contributed by atoms with Crippen molar-refractivity contribution in [2.24, 2.45) is 0 Å². The van der Waals surface area contributed by atoms with E-state index in [1.54, 1.807) is 6.08 Å². The van der Waals surface area contributed by atoms with E-state index in [0.29, 0.717) is 5.76 Å². The van der Waals surface area contributed by atoms with Crippen LogP contribution in [-0.4, -0.2) is 5.97 Å². The molecule has 0 spiro atoms. The summed E-state index contributed by atoms with van der Waals surface area (Å²) >= 11 is 0. The number of rotatable bonds is 1. The van der Waals surface area contributed by atoms with E-state index < -0.39 is 0 Å². The van der Waals surface area contributed by atoms with Crippen molar-refractivity contribution in [1.29, 1.82) is 0 Å². The normalized spacial score (nSPS) is 17.8. The average Bonchev–Trinajstić information content (AvgIpc) is 2.53. The van der Waals surface area contributed by atoms with Gasteiger partial charge in [0.1, 0.15) is 5.76 Å². The van der Waals surface area contributed by atoms with Gasteiger partial charge in [0, 0.05) is 6.08 Å². The number of carbonyl (C=O) groups excluding carboxylic acids is 1. The summed E-state index contributed by atoms with van der Waals surface area (Å²) in [6.07, 6.45) is 4.89. The molecule has 0 saturated heterocycles. The molecule has 0 N–H and O–H groups in total. The van der Waals surface area contributed by atoms with Gasteiger partial charge in [-0.1, -0.05) is 30.3 Å². The van der Waals surface area contributed by atoms with E-state index in [9.17, 15) is 4.79 Å². The molecule has 1 aliphatic rings. The van der Waals surface area contributed by atoms with Crippen molar-refractivity contribution in [3.05, 3.63) is 53.8 Å². The van der Waals surface area contributed by atoms with Crippen LogP contribution in [0.15, 0.2) is 48.2 Å². The number of hydrogen-bond acceptors (Lipinski definition) is 2. The molecular formula is C11H8O2. The fourth-order valence-electron chi connectivity index (χ4n) is 1.13. The van der Waals surface area contributed by atoms with Crippen LogP contribution in [0.25, 0.3) is 6.08 Å². The van der Waals surface area contributed by atoms with Crippen LogP contribution >= 0.6 is 0 Å². The molecule has 2 heteroatoms. The molecule has 0 atom stereocenters. The van der Waals surface area contributed by atoms with Crippen molar-refractivity contribution in [3.63, 3.8) is 0 Å². The molecule has 1 heterocycles. The second kappa shape index (κ2) is 3.27. The van der Waals surface area contributed by atoms with Gasteiger partial charge in [-0.25, -0.2) is 4.79 Å². The highest BCUT2D eigenvalue weighted by atomic mass is 16.5. The van der Waals surface area contributed by atoms with Crippen molar-refractivity contribution in [2.45, 2.75) is 0 Å². The lowest BCUT2D eigenvalue weighted by atomic mass is 10.2. The Morgan fingerprint density at radius 3 is 2.46 bits per heavy atom. The first kappa shape index (κ1) is 7.80. The minimum atomic E-state index is -0.304. The summed E-state index contributed by atoms with van der Waals surface area (Å²) in [5.74, 6) is 0.290. The van der Waals surface area contributed by atoms with Crippen molar-refractivity contribution >= 4 is 12.0 Å². The third-order valence-corrected chi connectivity index (χ3v) is 1.71. The van der Waals surface area contributed by atoms with E-state index in [1.165, 1.54) is 6.08 Å². The number of cyclic esters (lactones) is 1. The standard InChI is InChI=1S/C11H8O2/c12-11-7-6-10(13-11)8-9-4-2-1-3-5-9/h1-8H/b10-8-. The first-order valence-corrected chi connectivity index (χ1v) is 4.01. The second-order valence-corrected chi connectivity index (χ2v) is 2.71. The Morgan fingerprint density at radius 1 is 1.08 bits per heavy atom. The number of benzene rings is 1. The van der Waals surface area contributed by atoms with Gasteiger partial charge >= 0.3 is 5.97 Å². The number of hydrogen-bond donors (Lipinski definition) is 0. The first-order chi connectivity index (χ1) is 6.34. The molecule has 13 heavy (non-hydrogen) atoms. The third-order valence-electron chi connectivity index (χ3n) is 1.71. The van der Waals surface area contributed by atoms with Crippen LogP contribution in [0, 0.1) is 0 Å². The van der Waals surface area contributed by atoms with E-state index in [-0.39, 0.29) is 5.97 Å². The Bertz CT molecular complexity index is 374. The van der Waals surface area contributed by atoms with Gasteiger partial charge in [0.15, 0.2) is 0 Å². The van der Waals surface area contributed by atoms with Gasteiger partial charge in [-0.3, -0.25) is 0 Å². The maximum Gasteiger partial charge on any atom is 0.336 e. The van der Waals surface area contributed by atoms with E-state index >= 15 is 0 Å². The van der Waals surface area contributed by atoms with Crippen LogP contribution in [0.4, 0.5) is 0 Å². The molecule has 2 rings (SSSR count). The molecule has 0 aliphatic carbocycles. The molecule has 1 aromatic rings.